The fourth-order valence-corrected chi connectivity index (χ4v) is 10.7. The highest BCUT2D eigenvalue weighted by atomic mass is 35.5. The number of anilines is 2. The van der Waals surface area contributed by atoms with Crippen LogP contribution in [0.25, 0.3) is 20.8 Å². The van der Waals surface area contributed by atoms with Crippen LogP contribution < -0.4 is 35.6 Å². The number of amides is 5. The highest BCUT2D eigenvalue weighted by Gasteiger charge is 2.46. The molecule has 5 aromatic rings. The number of rotatable bonds is 13. The van der Waals surface area contributed by atoms with E-state index in [0.717, 1.165) is 64.6 Å². The third kappa shape index (κ3) is 9.51. The molecule has 2 aromatic heterocycles. The molecule has 6 heterocycles. The van der Waals surface area contributed by atoms with E-state index in [1.165, 1.54) is 11.3 Å². The molecule has 5 amide bonds. The van der Waals surface area contributed by atoms with Crippen molar-refractivity contribution in [3.63, 3.8) is 0 Å². The summed E-state index contributed by atoms with van der Waals surface area (Å²) in [5.41, 5.74) is 2.46. The number of hydrogen-bond donors (Lipinski definition) is 4. The third-order valence-corrected chi connectivity index (χ3v) is 14.6. The number of nitrogens with one attached hydrogen (secondary N) is 4. The Kier molecular flexibility index (Phi) is 13.0. The Morgan fingerprint density at radius 1 is 0.938 bits per heavy atom. The number of likely N-dealkylation sites (tertiary alicyclic amines) is 1. The number of pyridine rings is 1. The Morgan fingerprint density at radius 2 is 1.75 bits per heavy atom. The molecule has 4 aliphatic rings. The predicted octanol–water partition coefficient (Wildman–Crippen LogP) is 6.03. The van der Waals surface area contributed by atoms with Crippen LogP contribution in [-0.2, 0) is 24.0 Å². The van der Waals surface area contributed by atoms with Crippen molar-refractivity contribution in [2.45, 2.75) is 62.4 Å². The summed E-state index contributed by atoms with van der Waals surface area (Å²) in [6, 6.07) is 22.4. The van der Waals surface area contributed by atoms with E-state index in [1.54, 1.807) is 24.2 Å². The van der Waals surface area contributed by atoms with Crippen molar-refractivity contribution in [1.82, 2.24) is 30.8 Å². The summed E-state index contributed by atoms with van der Waals surface area (Å²) in [5.74, 6) is 0.279. The van der Waals surface area contributed by atoms with E-state index in [9.17, 15) is 24.0 Å². The van der Waals surface area contributed by atoms with Crippen LogP contribution in [0.2, 0.25) is 5.02 Å². The first-order valence-corrected chi connectivity index (χ1v) is 23.4. The van der Waals surface area contributed by atoms with Gasteiger partial charge in [0, 0.05) is 77.3 Å². The molecule has 0 bridgehead atoms. The minimum atomic E-state index is -1.24. The number of ether oxygens (including phenoxy) is 2. The summed E-state index contributed by atoms with van der Waals surface area (Å²) >= 11 is 7.93. The number of carbonyl (C=O) groups is 5. The molecule has 4 N–H and O–H groups in total. The van der Waals surface area contributed by atoms with E-state index in [4.69, 9.17) is 26.1 Å². The Balaban J connectivity index is 0.776. The van der Waals surface area contributed by atoms with E-state index in [1.807, 2.05) is 66.7 Å². The van der Waals surface area contributed by atoms with Crippen LogP contribution in [0.4, 0.5) is 11.5 Å². The molecule has 2 atom stereocenters. The number of nitrogens with zero attached hydrogens (tertiary/aromatic N) is 4. The number of piperidine rings is 3. The molecule has 65 heavy (non-hydrogen) atoms. The molecule has 3 fully saturated rings. The average Bonchev–Trinajstić information content (AvgIpc) is 3.77. The van der Waals surface area contributed by atoms with Crippen LogP contribution in [0.3, 0.4) is 0 Å². The van der Waals surface area contributed by atoms with Gasteiger partial charge in [-0.3, -0.25) is 29.3 Å². The Morgan fingerprint density at radius 3 is 2.54 bits per heavy atom. The quantitative estimate of drug-likeness (QED) is 0.0800. The maximum Gasteiger partial charge on any atom is 0.264 e. The zero-order valence-electron chi connectivity index (χ0n) is 36.1. The Bertz CT molecular complexity index is 2630. The van der Waals surface area contributed by atoms with Gasteiger partial charge in [-0.15, -0.1) is 11.3 Å². The molecule has 3 aromatic carbocycles. The molecule has 0 aliphatic carbocycles. The van der Waals surface area contributed by atoms with Gasteiger partial charge in [-0.05, 0) is 97.4 Å². The third-order valence-electron chi connectivity index (χ3n) is 13.0. The number of thiazole rings is 1. The van der Waals surface area contributed by atoms with Crippen LogP contribution in [-0.4, -0.2) is 103 Å². The van der Waals surface area contributed by atoms with E-state index in [-0.39, 0.29) is 67.8 Å². The molecular formula is C48H51ClN8O7S. The first-order valence-electron chi connectivity index (χ1n) is 22.2. The molecule has 4 aliphatic heterocycles. The van der Waals surface area contributed by atoms with Crippen molar-refractivity contribution in [1.29, 1.82) is 0 Å². The summed E-state index contributed by atoms with van der Waals surface area (Å²) in [5, 5.41) is 13.0. The number of likely N-dealkylation sites (N-methyl/N-ethyl adjacent to an activating group) is 1. The number of aromatic nitrogens is 2. The normalized spacial score (nSPS) is 19.9. The lowest BCUT2D eigenvalue weighted by molar-refractivity contribution is -0.147. The number of carbonyl (C=O) groups excluding carboxylic acids is 5. The molecule has 15 nitrogen and oxygen atoms in total. The fourth-order valence-electron chi connectivity index (χ4n) is 9.38. The summed E-state index contributed by atoms with van der Waals surface area (Å²) in [7, 11) is 1.58. The second kappa shape index (κ2) is 19.2. The molecule has 9 rings (SSSR count). The van der Waals surface area contributed by atoms with Gasteiger partial charge in [-0.25, -0.2) is 9.97 Å². The summed E-state index contributed by atoms with van der Waals surface area (Å²) in [6.07, 6.45) is 5.09. The maximum absolute atomic E-state index is 14.3. The van der Waals surface area contributed by atoms with E-state index in [2.05, 4.69) is 31.2 Å². The van der Waals surface area contributed by atoms with Crippen molar-refractivity contribution in [3.05, 3.63) is 95.1 Å². The van der Waals surface area contributed by atoms with Crippen molar-refractivity contribution < 1.29 is 33.4 Å². The van der Waals surface area contributed by atoms with Crippen LogP contribution in [0.1, 0.15) is 67.9 Å². The first-order chi connectivity index (χ1) is 31.6. The van der Waals surface area contributed by atoms with Gasteiger partial charge in [0.1, 0.15) is 28.9 Å². The smallest absolute Gasteiger partial charge is 0.264 e. The van der Waals surface area contributed by atoms with Crippen molar-refractivity contribution in [2.24, 2.45) is 5.92 Å². The first kappa shape index (κ1) is 44.1. The van der Waals surface area contributed by atoms with Crippen LogP contribution in [0.15, 0.2) is 79.0 Å². The van der Waals surface area contributed by atoms with Gasteiger partial charge in [0.15, 0.2) is 5.60 Å². The van der Waals surface area contributed by atoms with Crippen LogP contribution in [0.5, 0.6) is 11.5 Å². The molecule has 1 unspecified atom stereocenters. The van der Waals surface area contributed by atoms with Crippen molar-refractivity contribution >= 4 is 74.2 Å². The lowest BCUT2D eigenvalue weighted by Crippen LogP contribution is -2.58. The number of para-hydroxylation sites is 1. The molecule has 0 radical (unpaired) electrons. The van der Waals surface area contributed by atoms with Gasteiger partial charge in [-0.2, -0.15) is 0 Å². The Labute approximate surface area is 385 Å². The fraction of sp³-hybridized carbons (Fsp3) is 0.396. The van der Waals surface area contributed by atoms with Crippen LogP contribution >= 0.6 is 22.9 Å². The average molecular weight is 920 g/mol. The van der Waals surface area contributed by atoms with E-state index >= 15 is 0 Å². The molecule has 0 spiro atoms. The zero-order valence-corrected chi connectivity index (χ0v) is 37.6. The number of hydrogen-bond acceptors (Lipinski definition) is 12. The predicted molar refractivity (Wildman–Crippen MR) is 248 cm³/mol. The van der Waals surface area contributed by atoms with Crippen LogP contribution in [0, 0.1) is 5.92 Å². The van der Waals surface area contributed by atoms with Gasteiger partial charge in [0.2, 0.25) is 23.6 Å². The second-order valence-electron chi connectivity index (χ2n) is 17.1. The van der Waals surface area contributed by atoms with Crippen molar-refractivity contribution in [2.75, 3.05) is 63.1 Å². The standard InChI is InChI=1S/C48H51ClN8O7S/c1-50-47(62)48(64-39-8-3-2-5-33(39)45-54-38-7-4-6-36(49)43(38)65-45)16-22-57(23-17-48)46(61)35-27-42(59)53-37-11-9-31(26-34(35)37)63-24-19-51-28-29-14-20-56(21-15-29)40-25-30(13-18-52-40)32-10-12-41(58)55-44(32)60/h2-9,11,13,18,25-26,29,32,35,51H,10,12,14-17,19-24,27-28H2,1H3,(H,50,62)(H,53,59)(H,55,58,60)/t32?,35-/m0/s1. The molecule has 3 saturated heterocycles. The maximum atomic E-state index is 14.3. The van der Waals surface area contributed by atoms with Gasteiger partial charge in [-0.1, -0.05) is 29.8 Å². The SMILES string of the molecule is CNC(=O)C1(Oc2ccccc2-c2nc3cccc(Cl)c3s2)CCN(C(=O)[C@H]2CC(=O)Nc3ccc(OCCNCC4CCN(c5cc(C6CCC(=O)NC6=O)ccn5)CC4)cc32)CC1. The van der Waals surface area contributed by atoms with Gasteiger partial charge in [0.25, 0.3) is 5.91 Å². The lowest BCUT2D eigenvalue weighted by Gasteiger charge is -2.42. The van der Waals surface area contributed by atoms with E-state index in [0.29, 0.717) is 59.7 Å². The molecule has 17 heteroatoms. The minimum Gasteiger partial charge on any atom is -0.492 e. The van der Waals surface area contributed by atoms with Gasteiger partial charge < -0.3 is 35.2 Å². The number of imide groups is 1. The minimum absolute atomic E-state index is 0.00411. The van der Waals surface area contributed by atoms with Gasteiger partial charge in [0.05, 0.1) is 32.6 Å². The summed E-state index contributed by atoms with van der Waals surface area (Å²) in [6.45, 7) is 4.13. The second-order valence-corrected chi connectivity index (χ2v) is 18.5. The molecule has 0 saturated carbocycles. The Hall–Kier alpha value is -6.10. The summed E-state index contributed by atoms with van der Waals surface area (Å²) in [4.78, 5) is 78.2. The van der Waals surface area contributed by atoms with Gasteiger partial charge >= 0.3 is 0 Å². The topological polar surface area (TPSA) is 184 Å². The highest BCUT2D eigenvalue weighted by Crippen LogP contribution is 2.42. The molecular weight excluding hydrogens is 868 g/mol. The monoisotopic (exact) mass is 918 g/mol. The lowest BCUT2D eigenvalue weighted by atomic mass is 9.86. The number of fused-ring (bicyclic) bond motifs is 2. The summed E-state index contributed by atoms with van der Waals surface area (Å²) < 4.78 is 13.7. The zero-order chi connectivity index (χ0) is 45.1. The van der Waals surface area contributed by atoms with Crippen molar-refractivity contribution in [3.8, 4) is 22.1 Å². The largest absolute Gasteiger partial charge is 0.492 e. The number of benzene rings is 3. The molecule has 338 valence electrons. The highest BCUT2D eigenvalue weighted by molar-refractivity contribution is 7.22. The number of halogens is 1. The van der Waals surface area contributed by atoms with E-state index < -0.39 is 11.5 Å².